The third-order valence-electron chi connectivity index (χ3n) is 11.3. The van der Waals surface area contributed by atoms with Gasteiger partial charge in [-0.1, -0.05) is 184 Å². The maximum Gasteiger partial charge on any atom is 0.160 e. The summed E-state index contributed by atoms with van der Waals surface area (Å²) in [6.45, 7) is 4.71. The Bertz CT molecular complexity index is 2870. The van der Waals surface area contributed by atoms with Crippen molar-refractivity contribution >= 4 is 10.8 Å². The lowest BCUT2D eigenvalue weighted by atomic mass is 9.81. The minimum absolute atomic E-state index is 0.107. The average Bonchev–Trinajstić information content (AvgIpc) is 3.48. The van der Waals surface area contributed by atoms with Crippen molar-refractivity contribution in [3.05, 3.63) is 205 Å². The van der Waals surface area contributed by atoms with E-state index in [2.05, 4.69) is 190 Å². The summed E-state index contributed by atoms with van der Waals surface area (Å²) >= 11 is 0. The number of aromatic nitrogens is 2. The maximum atomic E-state index is 5.24. The van der Waals surface area contributed by atoms with Gasteiger partial charge in [-0.2, -0.15) is 0 Å². The first-order valence-electron chi connectivity index (χ1n) is 19.0. The molecule has 0 spiro atoms. The van der Waals surface area contributed by atoms with Gasteiger partial charge in [-0.05, 0) is 90.7 Å². The molecule has 2 heteroatoms. The van der Waals surface area contributed by atoms with Crippen LogP contribution in [0.25, 0.3) is 89.2 Å². The lowest BCUT2D eigenvalue weighted by Crippen LogP contribution is -2.14. The largest absolute Gasteiger partial charge is 0.228 e. The molecule has 2 nitrogen and oxygen atoms in total. The monoisotopic (exact) mass is 702 g/mol. The van der Waals surface area contributed by atoms with Crippen molar-refractivity contribution in [2.45, 2.75) is 19.3 Å². The van der Waals surface area contributed by atoms with E-state index in [1.54, 1.807) is 0 Å². The number of rotatable bonds is 6. The molecule has 0 fully saturated rings. The Morgan fingerprint density at radius 1 is 0.327 bits per heavy atom. The van der Waals surface area contributed by atoms with Crippen LogP contribution in [0.1, 0.15) is 25.0 Å². The summed E-state index contributed by atoms with van der Waals surface area (Å²) in [5.41, 5.74) is 17.3. The van der Waals surface area contributed by atoms with Crippen LogP contribution in [-0.2, 0) is 5.41 Å². The van der Waals surface area contributed by atoms with Crippen LogP contribution in [0.4, 0.5) is 0 Å². The average molecular weight is 703 g/mol. The fraction of sp³-hybridized carbons (Fsp3) is 0.0566. The molecule has 0 N–H and O–H groups in total. The van der Waals surface area contributed by atoms with E-state index in [0.29, 0.717) is 5.82 Å². The molecule has 0 atom stereocenters. The van der Waals surface area contributed by atoms with Gasteiger partial charge in [0.15, 0.2) is 5.82 Å². The van der Waals surface area contributed by atoms with Gasteiger partial charge >= 0.3 is 0 Å². The first kappa shape index (κ1) is 32.7. The van der Waals surface area contributed by atoms with Gasteiger partial charge in [0, 0.05) is 22.1 Å². The fourth-order valence-corrected chi connectivity index (χ4v) is 8.44. The molecule has 0 saturated heterocycles. The van der Waals surface area contributed by atoms with Gasteiger partial charge in [0.05, 0.1) is 11.4 Å². The summed E-state index contributed by atoms with van der Waals surface area (Å²) < 4.78 is 0. The van der Waals surface area contributed by atoms with Crippen molar-refractivity contribution in [3.63, 3.8) is 0 Å². The molecule has 1 aliphatic rings. The molecule has 1 heterocycles. The first-order valence-corrected chi connectivity index (χ1v) is 19.0. The molecule has 55 heavy (non-hydrogen) atoms. The van der Waals surface area contributed by atoms with Gasteiger partial charge < -0.3 is 0 Å². The van der Waals surface area contributed by atoms with E-state index >= 15 is 0 Å². The number of hydrogen-bond acceptors (Lipinski definition) is 2. The molecular formula is C53H38N2. The predicted octanol–water partition coefficient (Wildman–Crippen LogP) is 13.9. The number of hydrogen-bond donors (Lipinski definition) is 0. The van der Waals surface area contributed by atoms with Gasteiger partial charge in [-0.3, -0.25) is 0 Å². The van der Waals surface area contributed by atoms with E-state index < -0.39 is 0 Å². The van der Waals surface area contributed by atoms with Crippen LogP contribution < -0.4 is 0 Å². The molecule has 0 saturated carbocycles. The first-order chi connectivity index (χ1) is 27.0. The zero-order valence-corrected chi connectivity index (χ0v) is 30.9. The van der Waals surface area contributed by atoms with Gasteiger partial charge in [-0.25, -0.2) is 9.97 Å². The van der Waals surface area contributed by atoms with Gasteiger partial charge in [0.25, 0.3) is 0 Å². The Morgan fingerprint density at radius 2 is 0.873 bits per heavy atom. The summed E-state index contributed by atoms with van der Waals surface area (Å²) in [5, 5.41) is 2.55. The van der Waals surface area contributed by atoms with E-state index in [-0.39, 0.29) is 5.41 Å². The molecule has 0 unspecified atom stereocenters. The highest BCUT2D eigenvalue weighted by atomic mass is 14.9. The Labute approximate surface area is 322 Å². The minimum Gasteiger partial charge on any atom is -0.228 e. The van der Waals surface area contributed by atoms with Crippen molar-refractivity contribution in [3.8, 4) is 78.4 Å². The summed E-state index contributed by atoms with van der Waals surface area (Å²) in [4.78, 5) is 10.5. The summed E-state index contributed by atoms with van der Waals surface area (Å²) in [7, 11) is 0. The van der Waals surface area contributed by atoms with Crippen LogP contribution >= 0.6 is 0 Å². The molecule has 1 aromatic heterocycles. The third kappa shape index (κ3) is 5.75. The van der Waals surface area contributed by atoms with Crippen molar-refractivity contribution in [1.82, 2.24) is 9.97 Å². The van der Waals surface area contributed by atoms with Crippen LogP contribution in [0.15, 0.2) is 194 Å². The van der Waals surface area contributed by atoms with Crippen LogP contribution in [-0.4, -0.2) is 9.97 Å². The predicted molar refractivity (Wildman–Crippen MR) is 230 cm³/mol. The fourth-order valence-electron chi connectivity index (χ4n) is 8.44. The Kier molecular flexibility index (Phi) is 7.85. The lowest BCUT2D eigenvalue weighted by molar-refractivity contribution is 0.661. The Hall–Kier alpha value is -6.90. The molecular weight excluding hydrogens is 665 g/mol. The second-order valence-corrected chi connectivity index (χ2v) is 15.0. The number of fused-ring (bicyclic) bond motifs is 4. The highest BCUT2D eigenvalue weighted by Crippen LogP contribution is 2.53. The van der Waals surface area contributed by atoms with Gasteiger partial charge in [0.1, 0.15) is 0 Å². The normalized spacial score (nSPS) is 12.7. The smallest absolute Gasteiger partial charge is 0.160 e. The van der Waals surface area contributed by atoms with Crippen molar-refractivity contribution < 1.29 is 0 Å². The molecule has 260 valence electrons. The maximum absolute atomic E-state index is 5.24. The summed E-state index contributed by atoms with van der Waals surface area (Å²) in [6.07, 6.45) is 0. The van der Waals surface area contributed by atoms with Crippen molar-refractivity contribution in [1.29, 1.82) is 0 Å². The molecule has 0 bridgehead atoms. The van der Waals surface area contributed by atoms with Crippen LogP contribution in [0.5, 0.6) is 0 Å². The van der Waals surface area contributed by atoms with Gasteiger partial charge in [-0.15, -0.1) is 0 Å². The van der Waals surface area contributed by atoms with E-state index in [0.717, 1.165) is 39.2 Å². The minimum atomic E-state index is -0.107. The highest BCUT2D eigenvalue weighted by Gasteiger charge is 2.37. The highest BCUT2D eigenvalue weighted by molar-refractivity contribution is 5.99. The molecule has 9 aromatic rings. The second-order valence-electron chi connectivity index (χ2n) is 15.0. The molecule has 0 aliphatic heterocycles. The Morgan fingerprint density at radius 3 is 1.64 bits per heavy atom. The van der Waals surface area contributed by atoms with Crippen LogP contribution in [0, 0.1) is 0 Å². The van der Waals surface area contributed by atoms with Crippen molar-refractivity contribution in [2.24, 2.45) is 0 Å². The van der Waals surface area contributed by atoms with E-state index in [4.69, 9.17) is 9.97 Å². The van der Waals surface area contributed by atoms with Crippen LogP contribution in [0.3, 0.4) is 0 Å². The van der Waals surface area contributed by atoms with E-state index in [1.807, 2.05) is 18.2 Å². The second kappa shape index (κ2) is 13.2. The van der Waals surface area contributed by atoms with Gasteiger partial charge in [0.2, 0.25) is 0 Å². The number of benzene rings is 8. The van der Waals surface area contributed by atoms with Crippen molar-refractivity contribution in [2.75, 3.05) is 0 Å². The number of nitrogens with zero attached hydrogens (tertiary/aromatic N) is 2. The quantitative estimate of drug-likeness (QED) is 0.172. The topological polar surface area (TPSA) is 25.8 Å². The van der Waals surface area contributed by atoms with Crippen LogP contribution in [0.2, 0.25) is 0 Å². The molecule has 1 aliphatic carbocycles. The molecule has 0 amide bonds. The lowest BCUT2D eigenvalue weighted by Gasteiger charge is -2.22. The zero-order valence-electron chi connectivity index (χ0n) is 30.9. The SMILES string of the molecule is CC1(C)c2cc3ccccc3cc2-c2c(-c3cccc(-c4cc(-c5ccccc5-c5ccc(-c6ccccc6)cc5)nc(-c5ccccc5)n4)c3)cccc21. The molecule has 0 radical (unpaired) electrons. The summed E-state index contributed by atoms with van der Waals surface area (Å²) in [6, 6.07) is 69.5. The Balaban J connectivity index is 1.11. The van der Waals surface area contributed by atoms with E-state index in [1.165, 1.54) is 55.3 Å². The third-order valence-corrected chi connectivity index (χ3v) is 11.3. The molecule has 8 aromatic carbocycles. The van der Waals surface area contributed by atoms with E-state index in [9.17, 15) is 0 Å². The zero-order chi connectivity index (χ0) is 36.9. The molecule has 10 rings (SSSR count). The standard InChI is InChI=1S/C53H38N2/c1-53(2)47-26-14-25-44(51(47)46-32-39-19-9-10-20-40(39)33-48(46)53)41-21-13-22-42(31-41)49-34-50(55-52(54-49)38-17-7-4-8-18-38)45-24-12-11-23-43(45)37-29-27-36(28-30-37)35-15-5-3-6-16-35/h3-34H,1-2H3. The summed E-state index contributed by atoms with van der Waals surface area (Å²) in [5.74, 6) is 0.705.